The molecule has 1 amide bonds. The summed E-state index contributed by atoms with van der Waals surface area (Å²) in [6.07, 6.45) is 1.41. The van der Waals surface area contributed by atoms with E-state index in [-0.39, 0.29) is 18.7 Å². The molecule has 0 aliphatic heterocycles. The summed E-state index contributed by atoms with van der Waals surface area (Å²) >= 11 is 0. The van der Waals surface area contributed by atoms with Crippen LogP contribution in [0, 0.1) is 0 Å². The van der Waals surface area contributed by atoms with Crippen LogP contribution in [0.2, 0.25) is 0 Å². The van der Waals surface area contributed by atoms with Crippen molar-refractivity contribution in [2.45, 2.75) is 26.3 Å². The average molecular weight is 288 g/mol. The highest BCUT2D eigenvalue weighted by Crippen LogP contribution is 2.20. The molecule has 0 aliphatic rings. The summed E-state index contributed by atoms with van der Waals surface area (Å²) in [5.74, 6) is -0.597. The van der Waals surface area contributed by atoms with Gasteiger partial charge in [-0.25, -0.2) is 0 Å². The third-order valence-corrected chi connectivity index (χ3v) is 2.93. The van der Waals surface area contributed by atoms with Gasteiger partial charge in [-0.2, -0.15) is 0 Å². The second-order valence-corrected chi connectivity index (χ2v) is 4.46. The van der Waals surface area contributed by atoms with Gasteiger partial charge < -0.3 is 15.0 Å². The van der Waals surface area contributed by atoms with Gasteiger partial charge in [0.15, 0.2) is 5.82 Å². The fourth-order valence-corrected chi connectivity index (χ4v) is 1.89. The Hall–Kier alpha value is -2.70. The summed E-state index contributed by atoms with van der Waals surface area (Å²) in [7, 11) is 0. The quantitative estimate of drug-likeness (QED) is 0.844. The highest BCUT2D eigenvalue weighted by atomic mass is 16.4. The summed E-state index contributed by atoms with van der Waals surface area (Å²) in [5, 5.41) is 19.2. The molecule has 0 unspecified atom stereocenters. The lowest BCUT2D eigenvalue weighted by Crippen LogP contribution is -2.13. The van der Waals surface area contributed by atoms with E-state index in [4.69, 9.17) is 5.11 Å². The van der Waals surface area contributed by atoms with Gasteiger partial charge in [-0.15, -0.1) is 10.2 Å². The third kappa shape index (κ3) is 3.88. The standard InChI is InChI=1S/C14H16N4O3/c1-2-18-9-15-17-14(18)10-4-3-5-11(8-10)16-12(19)6-7-13(20)21/h3-5,8-9H,2,6-7H2,1H3,(H,16,19)(H,20,21). The van der Waals surface area contributed by atoms with Crippen LogP contribution in [0.15, 0.2) is 30.6 Å². The number of carboxylic acid groups (broad SMARTS) is 1. The van der Waals surface area contributed by atoms with Crippen LogP contribution in [0.25, 0.3) is 11.4 Å². The molecule has 2 rings (SSSR count). The van der Waals surface area contributed by atoms with Crippen molar-refractivity contribution in [3.8, 4) is 11.4 Å². The summed E-state index contributed by atoms with van der Waals surface area (Å²) in [6.45, 7) is 2.74. The average Bonchev–Trinajstić information content (AvgIpc) is 2.94. The molecule has 7 heteroatoms. The van der Waals surface area contributed by atoms with Crippen molar-refractivity contribution >= 4 is 17.6 Å². The number of benzene rings is 1. The minimum Gasteiger partial charge on any atom is -0.481 e. The van der Waals surface area contributed by atoms with Crippen LogP contribution in [0.1, 0.15) is 19.8 Å². The number of nitrogens with zero attached hydrogens (tertiary/aromatic N) is 3. The van der Waals surface area contributed by atoms with Crippen molar-refractivity contribution in [1.82, 2.24) is 14.8 Å². The van der Waals surface area contributed by atoms with Gasteiger partial charge >= 0.3 is 5.97 Å². The number of rotatable bonds is 6. The zero-order chi connectivity index (χ0) is 15.2. The number of aromatic nitrogens is 3. The normalized spacial score (nSPS) is 10.3. The molecule has 1 heterocycles. The highest BCUT2D eigenvalue weighted by Gasteiger charge is 2.09. The Morgan fingerprint density at radius 2 is 2.14 bits per heavy atom. The molecule has 110 valence electrons. The number of carbonyl (C=O) groups excluding carboxylic acids is 1. The molecule has 1 aromatic heterocycles. The lowest BCUT2D eigenvalue weighted by Gasteiger charge is -2.07. The molecular formula is C14H16N4O3. The van der Waals surface area contributed by atoms with Gasteiger partial charge in [0, 0.05) is 24.2 Å². The van der Waals surface area contributed by atoms with E-state index in [1.807, 2.05) is 17.6 Å². The van der Waals surface area contributed by atoms with Crippen molar-refractivity contribution in [2.24, 2.45) is 0 Å². The summed E-state index contributed by atoms with van der Waals surface area (Å²) in [5.41, 5.74) is 1.44. The van der Waals surface area contributed by atoms with Crippen LogP contribution < -0.4 is 5.32 Å². The Kier molecular flexibility index (Phi) is 4.65. The molecule has 0 saturated carbocycles. The molecule has 0 radical (unpaired) electrons. The SMILES string of the molecule is CCn1cnnc1-c1cccc(NC(=O)CCC(=O)O)c1. The van der Waals surface area contributed by atoms with E-state index < -0.39 is 5.97 Å². The molecule has 0 aliphatic carbocycles. The summed E-state index contributed by atoms with van der Waals surface area (Å²) < 4.78 is 1.89. The molecule has 0 atom stereocenters. The maximum Gasteiger partial charge on any atom is 0.303 e. The minimum absolute atomic E-state index is 0.0509. The summed E-state index contributed by atoms with van der Waals surface area (Å²) in [6, 6.07) is 7.21. The lowest BCUT2D eigenvalue weighted by molar-refractivity contribution is -0.138. The molecule has 21 heavy (non-hydrogen) atoms. The predicted molar refractivity (Wildman–Crippen MR) is 76.6 cm³/mol. The van der Waals surface area contributed by atoms with Crippen LogP contribution in [0.5, 0.6) is 0 Å². The van der Waals surface area contributed by atoms with E-state index in [1.165, 1.54) is 0 Å². The zero-order valence-corrected chi connectivity index (χ0v) is 11.6. The monoisotopic (exact) mass is 288 g/mol. The Balaban J connectivity index is 2.11. The minimum atomic E-state index is -0.991. The van der Waals surface area contributed by atoms with Crippen LogP contribution in [-0.2, 0) is 16.1 Å². The van der Waals surface area contributed by atoms with E-state index >= 15 is 0 Å². The third-order valence-electron chi connectivity index (χ3n) is 2.93. The molecule has 0 fully saturated rings. The fraction of sp³-hybridized carbons (Fsp3) is 0.286. The molecule has 2 N–H and O–H groups in total. The van der Waals surface area contributed by atoms with Gasteiger partial charge in [0.2, 0.25) is 5.91 Å². The second kappa shape index (κ2) is 6.65. The number of aryl methyl sites for hydroxylation is 1. The van der Waals surface area contributed by atoms with E-state index in [9.17, 15) is 9.59 Å². The zero-order valence-electron chi connectivity index (χ0n) is 11.6. The smallest absolute Gasteiger partial charge is 0.303 e. The second-order valence-electron chi connectivity index (χ2n) is 4.46. The maximum atomic E-state index is 11.6. The molecule has 1 aromatic carbocycles. The number of carbonyl (C=O) groups is 2. The molecule has 2 aromatic rings. The van der Waals surface area contributed by atoms with Crippen LogP contribution >= 0.6 is 0 Å². The largest absolute Gasteiger partial charge is 0.481 e. The van der Waals surface area contributed by atoms with Gasteiger partial charge in [-0.1, -0.05) is 12.1 Å². The van der Waals surface area contributed by atoms with Crippen molar-refractivity contribution in [2.75, 3.05) is 5.32 Å². The van der Waals surface area contributed by atoms with E-state index in [0.717, 1.165) is 17.9 Å². The number of anilines is 1. The van der Waals surface area contributed by atoms with Crippen molar-refractivity contribution in [3.63, 3.8) is 0 Å². The number of aliphatic carboxylic acids is 1. The Labute approximate surface area is 121 Å². The molecular weight excluding hydrogens is 272 g/mol. The van der Waals surface area contributed by atoms with Gasteiger partial charge in [-0.3, -0.25) is 9.59 Å². The molecule has 0 spiro atoms. The van der Waals surface area contributed by atoms with Gasteiger partial charge in [-0.05, 0) is 19.1 Å². The lowest BCUT2D eigenvalue weighted by atomic mass is 10.2. The Bertz CT molecular complexity index is 651. The van der Waals surface area contributed by atoms with Crippen molar-refractivity contribution in [3.05, 3.63) is 30.6 Å². The van der Waals surface area contributed by atoms with E-state index in [0.29, 0.717) is 5.69 Å². The van der Waals surface area contributed by atoms with Crippen molar-refractivity contribution in [1.29, 1.82) is 0 Å². The first-order chi connectivity index (χ1) is 10.1. The Morgan fingerprint density at radius 1 is 1.33 bits per heavy atom. The number of nitrogens with one attached hydrogen (secondary N) is 1. The maximum absolute atomic E-state index is 11.6. The van der Waals surface area contributed by atoms with Crippen LogP contribution in [-0.4, -0.2) is 31.7 Å². The molecule has 0 saturated heterocycles. The first kappa shape index (κ1) is 14.7. The summed E-state index contributed by atoms with van der Waals surface area (Å²) in [4.78, 5) is 22.1. The first-order valence-corrected chi connectivity index (χ1v) is 6.60. The van der Waals surface area contributed by atoms with E-state index in [1.54, 1.807) is 24.5 Å². The number of hydrogen-bond acceptors (Lipinski definition) is 4. The number of amides is 1. The topological polar surface area (TPSA) is 97.1 Å². The van der Waals surface area contributed by atoms with Gasteiger partial charge in [0.1, 0.15) is 6.33 Å². The predicted octanol–water partition coefficient (Wildman–Crippen LogP) is 1.77. The van der Waals surface area contributed by atoms with E-state index in [2.05, 4.69) is 15.5 Å². The number of hydrogen-bond donors (Lipinski definition) is 2. The Morgan fingerprint density at radius 3 is 2.86 bits per heavy atom. The van der Waals surface area contributed by atoms with Gasteiger partial charge in [0.05, 0.1) is 6.42 Å². The van der Waals surface area contributed by atoms with Crippen LogP contribution in [0.4, 0.5) is 5.69 Å². The molecule has 0 bridgehead atoms. The molecule has 7 nitrogen and oxygen atoms in total. The first-order valence-electron chi connectivity index (χ1n) is 6.60. The fourth-order valence-electron chi connectivity index (χ4n) is 1.89. The number of carboxylic acids is 1. The van der Waals surface area contributed by atoms with Crippen LogP contribution in [0.3, 0.4) is 0 Å². The van der Waals surface area contributed by atoms with Crippen molar-refractivity contribution < 1.29 is 14.7 Å². The van der Waals surface area contributed by atoms with Gasteiger partial charge in [0.25, 0.3) is 0 Å². The highest BCUT2D eigenvalue weighted by molar-refractivity contribution is 5.92.